The highest BCUT2D eigenvalue weighted by Crippen LogP contribution is 2.34. The fourth-order valence-corrected chi connectivity index (χ4v) is 1.40. The second-order valence-electron chi connectivity index (χ2n) is 4.24. The SMILES string of the molecule is CCc1cc(C(C)(C)F)cc(C(F)(F)F)c1. The monoisotopic (exact) mass is 234 g/mol. The topological polar surface area (TPSA) is 0 Å². The minimum Gasteiger partial charge on any atom is -0.239 e. The predicted molar refractivity (Wildman–Crippen MR) is 55.0 cm³/mol. The first-order valence-corrected chi connectivity index (χ1v) is 5.05. The van der Waals surface area contributed by atoms with Crippen LogP contribution >= 0.6 is 0 Å². The van der Waals surface area contributed by atoms with Crippen LogP contribution in [-0.4, -0.2) is 0 Å². The van der Waals surface area contributed by atoms with Crippen LogP contribution in [0.15, 0.2) is 18.2 Å². The molecule has 1 aromatic rings. The van der Waals surface area contributed by atoms with Gasteiger partial charge in [-0.2, -0.15) is 13.2 Å². The van der Waals surface area contributed by atoms with E-state index in [1.165, 1.54) is 19.9 Å². The van der Waals surface area contributed by atoms with Crippen molar-refractivity contribution in [2.75, 3.05) is 0 Å². The minimum absolute atomic E-state index is 0.0687. The Morgan fingerprint density at radius 2 is 1.44 bits per heavy atom. The molecule has 16 heavy (non-hydrogen) atoms. The Balaban J connectivity index is 3.33. The molecule has 0 aliphatic carbocycles. The van der Waals surface area contributed by atoms with Crippen LogP contribution in [0.25, 0.3) is 0 Å². The van der Waals surface area contributed by atoms with E-state index in [4.69, 9.17) is 0 Å². The Labute approximate surface area is 92.3 Å². The first kappa shape index (κ1) is 13.0. The Bertz CT molecular complexity index is 339. The molecule has 0 amide bonds. The third-order valence-corrected chi connectivity index (χ3v) is 2.41. The average Bonchev–Trinajstić information content (AvgIpc) is 2.14. The van der Waals surface area contributed by atoms with Crippen LogP contribution in [0, 0.1) is 0 Å². The van der Waals surface area contributed by atoms with Gasteiger partial charge in [-0.1, -0.05) is 13.0 Å². The van der Waals surface area contributed by atoms with Crippen molar-refractivity contribution in [3.8, 4) is 0 Å². The second kappa shape index (κ2) is 4.07. The van der Waals surface area contributed by atoms with Gasteiger partial charge in [0.15, 0.2) is 0 Å². The molecule has 0 nitrogen and oxygen atoms in total. The molecule has 0 saturated heterocycles. The fourth-order valence-electron chi connectivity index (χ4n) is 1.40. The van der Waals surface area contributed by atoms with Crippen molar-refractivity contribution in [1.29, 1.82) is 0 Å². The Kier molecular flexibility index (Phi) is 3.31. The molecule has 1 rings (SSSR count). The molecule has 0 fully saturated rings. The van der Waals surface area contributed by atoms with Gasteiger partial charge in [0.1, 0.15) is 5.67 Å². The van der Waals surface area contributed by atoms with Gasteiger partial charge in [0.2, 0.25) is 0 Å². The molecule has 0 aliphatic heterocycles. The molecule has 0 radical (unpaired) electrons. The smallest absolute Gasteiger partial charge is 0.239 e. The second-order valence-corrected chi connectivity index (χ2v) is 4.24. The molecule has 0 aromatic heterocycles. The highest BCUT2D eigenvalue weighted by atomic mass is 19.4. The van der Waals surface area contributed by atoms with Crippen molar-refractivity contribution in [3.05, 3.63) is 34.9 Å². The van der Waals surface area contributed by atoms with E-state index in [-0.39, 0.29) is 5.56 Å². The van der Waals surface area contributed by atoms with E-state index in [2.05, 4.69) is 0 Å². The Hall–Kier alpha value is -1.06. The van der Waals surface area contributed by atoms with Gasteiger partial charge in [-0.15, -0.1) is 0 Å². The van der Waals surface area contributed by atoms with Crippen LogP contribution in [0.3, 0.4) is 0 Å². The maximum absolute atomic E-state index is 13.6. The summed E-state index contributed by atoms with van der Waals surface area (Å²) in [6, 6.07) is 3.42. The molecule has 0 aliphatic rings. The van der Waals surface area contributed by atoms with Gasteiger partial charge in [0.25, 0.3) is 0 Å². The van der Waals surface area contributed by atoms with Crippen molar-refractivity contribution in [2.45, 2.75) is 39.0 Å². The molecular weight excluding hydrogens is 220 g/mol. The summed E-state index contributed by atoms with van der Waals surface area (Å²) in [5, 5.41) is 0. The third-order valence-electron chi connectivity index (χ3n) is 2.41. The lowest BCUT2D eigenvalue weighted by Gasteiger charge is -2.18. The van der Waals surface area contributed by atoms with Crippen LogP contribution in [-0.2, 0) is 18.3 Å². The molecular formula is C12H14F4. The lowest BCUT2D eigenvalue weighted by molar-refractivity contribution is -0.137. The molecule has 0 unspecified atom stereocenters. The van der Waals surface area contributed by atoms with Crippen molar-refractivity contribution >= 4 is 0 Å². The lowest BCUT2D eigenvalue weighted by atomic mass is 9.94. The van der Waals surface area contributed by atoms with Gasteiger partial charge in [0, 0.05) is 0 Å². The fraction of sp³-hybridized carbons (Fsp3) is 0.500. The van der Waals surface area contributed by atoms with Gasteiger partial charge < -0.3 is 0 Å². The van der Waals surface area contributed by atoms with Crippen LogP contribution in [0.2, 0.25) is 0 Å². The molecule has 0 bridgehead atoms. The summed E-state index contributed by atoms with van der Waals surface area (Å²) in [7, 11) is 0. The van der Waals surface area contributed by atoms with E-state index in [9.17, 15) is 17.6 Å². The summed E-state index contributed by atoms with van der Waals surface area (Å²) in [6.07, 6.45) is -3.97. The van der Waals surface area contributed by atoms with Crippen LogP contribution in [0.4, 0.5) is 17.6 Å². The van der Waals surface area contributed by atoms with Crippen LogP contribution in [0.5, 0.6) is 0 Å². The minimum atomic E-state index is -4.43. The molecule has 90 valence electrons. The Morgan fingerprint density at radius 1 is 0.938 bits per heavy atom. The summed E-state index contributed by atoms with van der Waals surface area (Å²) in [5.41, 5.74) is -1.98. The molecule has 0 atom stereocenters. The zero-order valence-electron chi connectivity index (χ0n) is 9.45. The summed E-state index contributed by atoms with van der Waals surface area (Å²) in [4.78, 5) is 0. The molecule has 1 aromatic carbocycles. The lowest BCUT2D eigenvalue weighted by Crippen LogP contribution is -2.13. The summed E-state index contributed by atoms with van der Waals surface area (Å²) >= 11 is 0. The number of hydrogen-bond acceptors (Lipinski definition) is 0. The van der Waals surface area contributed by atoms with E-state index in [1.807, 2.05) is 0 Å². The molecule has 0 saturated carbocycles. The first-order valence-electron chi connectivity index (χ1n) is 5.05. The van der Waals surface area contributed by atoms with Gasteiger partial charge in [-0.3, -0.25) is 0 Å². The highest BCUT2D eigenvalue weighted by molar-refractivity contribution is 5.34. The van der Waals surface area contributed by atoms with Gasteiger partial charge in [0.05, 0.1) is 5.56 Å². The van der Waals surface area contributed by atoms with E-state index in [0.717, 1.165) is 12.1 Å². The van der Waals surface area contributed by atoms with Crippen molar-refractivity contribution in [2.24, 2.45) is 0 Å². The van der Waals surface area contributed by atoms with Crippen LogP contribution < -0.4 is 0 Å². The predicted octanol–water partition coefficient (Wildman–Crippen LogP) is 4.47. The van der Waals surface area contributed by atoms with Crippen molar-refractivity contribution < 1.29 is 17.6 Å². The third kappa shape index (κ3) is 2.97. The first-order chi connectivity index (χ1) is 7.14. The molecule has 0 heterocycles. The summed E-state index contributed by atoms with van der Waals surface area (Å²) < 4.78 is 51.3. The number of benzene rings is 1. The molecule has 0 spiro atoms. The van der Waals surface area contributed by atoms with Gasteiger partial charge in [-0.05, 0) is 43.5 Å². The van der Waals surface area contributed by atoms with E-state index >= 15 is 0 Å². The Morgan fingerprint density at radius 3 is 1.81 bits per heavy atom. The van der Waals surface area contributed by atoms with Crippen molar-refractivity contribution in [3.63, 3.8) is 0 Å². The maximum atomic E-state index is 13.6. The maximum Gasteiger partial charge on any atom is 0.416 e. The zero-order chi connectivity index (χ0) is 12.6. The summed E-state index contributed by atoms with van der Waals surface area (Å²) in [5.74, 6) is 0. The van der Waals surface area contributed by atoms with E-state index in [1.54, 1.807) is 6.92 Å². The number of hydrogen-bond donors (Lipinski definition) is 0. The number of halogens is 4. The van der Waals surface area contributed by atoms with E-state index in [0.29, 0.717) is 12.0 Å². The van der Waals surface area contributed by atoms with E-state index < -0.39 is 17.4 Å². The summed E-state index contributed by atoms with van der Waals surface area (Å²) in [6.45, 7) is 4.24. The average molecular weight is 234 g/mol. The zero-order valence-corrected chi connectivity index (χ0v) is 9.45. The number of alkyl halides is 4. The largest absolute Gasteiger partial charge is 0.416 e. The molecule has 0 N–H and O–H groups in total. The standard InChI is InChI=1S/C12H14F4/c1-4-8-5-9(11(2,3)13)7-10(6-8)12(14,15)16/h5-7H,4H2,1-3H3. The molecule has 4 heteroatoms. The quantitative estimate of drug-likeness (QED) is 0.662. The number of aryl methyl sites for hydroxylation is 1. The normalized spacial score (nSPS) is 12.9. The van der Waals surface area contributed by atoms with Crippen LogP contribution in [0.1, 0.15) is 37.5 Å². The van der Waals surface area contributed by atoms with Crippen molar-refractivity contribution in [1.82, 2.24) is 0 Å². The highest BCUT2D eigenvalue weighted by Gasteiger charge is 2.32. The van der Waals surface area contributed by atoms with Gasteiger partial charge in [-0.25, -0.2) is 4.39 Å². The number of rotatable bonds is 2. The van der Waals surface area contributed by atoms with Gasteiger partial charge >= 0.3 is 6.18 Å².